The summed E-state index contributed by atoms with van der Waals surface area (Å²) in [6.45, 7) is 13.6. The van der Waals surface area contributed by atoms with Crippen LogP contribution in [0, 0.1) is 5.41 Å². The number of hydrogen-bond acceptors (Lipinski definition) is 5. The Morgan fingerprint density at radius 3 is 2.22 bits per heavy atom. The normalized spacial score (nSPS) is 14.6. The second-order valence-corrected chi connectivity index (χ2v) is 7.40. The monoisotopic (exact) mass is 271 g/mol. The Kier molecular flexibility index (Phi) is 4.72. The largest absolute Gasteiger partial charge is 0.379 e. The first-order valence-corrected chi connectivity index (χ1v) is 7.03. The quantitative estimate of drug-likeness (QED) is 0.912. The highest BCUT2D eigenvalue weighted by Gasteiger charge is 2.25. The van der Waals surface area contributed by atoms with Crippen molar-refractivity contribution in [3.05, 3.63) is 5.82 Å². The average Bonchev–Trinajstić information content (AvgIpc) is 2.64. The molecule has 0 aromatic carbocycles. The Bertz CT molecular complexity index is 376. The fourth-order valence-corrected chi connectivity index (χ4v) is 2.29. The van der Waals surface area contributed by atoms with E-state index in [1.807, 2.05) is 0 Å². The molecular weight excluding hydrogens is 246 g/mol. The summed E-state index contributed by atoms with van der Waals surface area (Å²) in [7, 11) is 1.75. The molecule has 0 aliphatic carbocycles. The molecule has 0 aliphatic heterocycles. The van der Waals surface area contributed by atoms with Crippen LogP contribution in [0.5, 0.6) is 0 Å². The molecule has 0 spiro atoms. The summed E-state index contributed by atoms with van der Waals surface area (Å²) >= 11 is 1.41. The summed E-state index contributed by atoms with van der Waals surface area (Å²) in [6.07, 6.45) is 0.152. The zero-order valence-corrected chi connectivity index (χ0v) is 13.3. The summed E-state index contributed by atoms with van der Waals surface area (Å²) in [5.41, 5.74) is 0.112. The number of aromatic nitrogens is 2. The topological polar surface area (TPSA) is 47.0 Å². The lowest BCUT2D eigenvalue weighted by molar-refractivity contribution is 0.0269. The summed E-state index contributed by atoms with van der Waals surface area (Å²) in [4.78, 5) is 4.51. The van der Waals surface area contributed by atoms with E-state index in [0.717, 1.165) is 17.5 Å². The highest BCUT2D eigenvalue weighted by Crippen LogP contribution is 2.25. The van der Waals surface area contributed by atoms with Crippen LogP contribution in [0.15, 0.2) is 0 Å². The number of nitrogens with one attached hydrogen (secondary N) is 1. The van der Waals surface area contributed by atoms with Crippen LogP contribution in [0.4, 0.5) is 5.13 Å². The van der Waals surface area contributed by atoms with Gasteiger partial charge in [0.15, 0.2) is 0 Å². The van der Waals surface area contributed by atoms with Crippen molar-refractivity contribution < 1.29 is 4.74 Å². The average molecular weight is 271 g/mol. The molecule has 1 rings (SSSR count). The fraction of sp³-hybridized carbons (Fsp3) is 0.846. The molecule has 104 valence electrons. The van der Waals surface area contributed by atoms with Crippen molar-refractivity contribution >= 4 is 16.7 Å². The van der Waals surface area contributed by atoms with Gasteiger partial charge in [0.05, 0.1) is 6.10 Å². The molecule has 1 unspecified atom stereocenters. The fourth-order valence-electron chi connectivity index (χ4n) is 1.52. The number of rotatable bonds is 4. The van der Waals surface area contributed by atoms with E-state index in [9.17, 15) is 0 Å². The first kappa shape index (κ1) is 15.4. The third-order valence-electron chi connectivity index (χ3n) is 2.79. The third kappa shape index (κ3) is 4.21. The lowest BCUT2D eigenvalue weighted by Gasteiger charge is -2.29. The molecule has 0 radical (unpaired) electrons. The smallest absolute Gasteiger partial charge is 0.202 e. The van der Waals surface area contributed by atoms with Gasteiger partial charge in [-0.2, -0.15) is 4.37 Å². The molecule has 0 saturated heterocycles. The Morgan fingerprint density at radius 2 is 1.83 bits per heavy atom. The van der Waals surface area contributed by atoms with E-state index in [0.29, 0.717) is 0 Å². The lowest BCUT2D eigenvalue weighted by Crippen LogP contribution is -2.34. The Balaban J connectivity index is 2.61. The van der Waals surface area contributed by atoms with Crippen molar-refractivity contribution in [1.82, 2.24) is 9.36 Å². The molecule has 1 heterocycles. The molecule has 1 atom stereocenters. The van der Waals surface area contributed by atoms with Crippen molar-refractivity contribution in [3.8, 4) is 0 Å². The van der Waals surface area contributed by atoms with Crippen LogP contribution in [-0.2, 0) is 10.2 Å². The van der Waals surface area contributed by atoms with Gasteiger partial charge in [-0.1, -0.05) is 41.5 Å². The van der Waals surface area contributed by atoms with Crippen LogP contribution in [0.25, 0.3) is 0 Å². The van der Waals surface area contributed by atoms with E-state index in [1.165, 1.54) is 11.5 Å². The van der Waals surface area contributed by atoms with Crippen molar-refractivity contribution in [1.29, 1.82) is 0 Å². The van der Waals surface area contributed by atoms with E-state index >= 15 is 0 Å². The second-order valence-electron chi connectivity index (χ2n) is 6.64. The van der Waals surface area contributed by atoms with Gasteiger partial charge in [-0.15, -0.1) is 0 Å². The predicted molar refractivity (Wildman–Crippen MR) is 77.4 cm³/mol. The van der Waals surface area contributed by atoms with Gasteiger partial charge in [0, 0.05) is 30.6 Å². The lowest BCUT2D eigenvalue weighted by atomic mass is 9.89. The Labute approximate surface area is 114 Å². The number of hydrogen-bond donors (Lipinski definition) is 1. The maximum atomic E-state index is 5.50. The van der Waals surface area contributed by atoms with Gasteiger partial charge >= 0.3 is 0 Å². The van der Waals surface area contributed by atoms with Gasteiger partial charge in [0.1, 0.15) is 5.82 Å². The zero-order valence-electron chi connectivity index (χ0n) is 12.5. The molecule has 0 bridgehead atoms. The number of anilines is 1. The summed E-state index contributed by atoms with van der Waals surface area (Å²) in [5.74, 6) is 0.889. The van der Waals surface area contributed by atoms with Gasteiger partial charge < -0.3 is 10.1 Å². The number of ether oxygens (including phenoxy) is 1. The number of methoxy groups -OCH3 is 1. The molecule has 0 saturated carbocycles. The first-order chi connectivity index (χ1) is 8.14. The molecule has 4 nitrogen and oxygen atoms in total. The molecule has 5 heteroatoms. The molecule has 0 aliphatic rings. The highest BCUT2D eigenvalue weighted by molar-refractivity contribution is 7.09. The first-order valence-electron chi connectivity index (χ1n) is 6.25. The van der Waals surface area contributed by atoms with E-state index in [4.69, 9.17) is 4.74 Å². The molecule has 1 N–H and O–H groups in total. The Morgan fingerprint density at radius 1 is 1.22 bits per heavy atom. The maximum absolute atomic E-state index is 5.50. The third-order valence-corrected chi connectivity index (χ3v) is 3.46. The summed E-state index contributed by atoms with van der Waals surface area (Å²) in [5, 5.41) is 4.18. The SMILES string of the molecule is COC(CNc1nc(C(C)(C)C)ns1)C(C)(C)C. The predicted octanol–water partition coefficient (Wildman–Crippen LogP) is 3.31. The van der Waals surface area contributed by atoms with E-state index in [1.54, 1.807) is 7.11 Å². The minimum absolute atomic E-state index is 0.00111. The van der Waals surface area contributed by atoms with Crippen LogP contribution in [0.3, 0.4) is 0 Å². The van der Waals surface area contributed by atoms with Crippen LogP contribution < -0.4 is 5.32 Å². The van der Waals surface area contributed by atoms with Gasteiger partial charge in [-0.05, 0) is 5.41 Å². The van der Waals surface area contributed by atoms with Crippen LogP contribution in [0.1, 0.15) is 47.4 Å². The van der Waals surface area contributed by atoms with Crippen molar-refractivity contribution in [2.24, 2.45) is 5.41 Å². The van der Waals surface area contributed by atoms with E-state index < -0.39 is 0 Å². The minimum atomic E-state index is 0.00111. The van der Waals surface area contributed by atoms with Crippen LogP contribution in [-0.4, -0.2) is 29.1 Å². The number of nitrogens with zero attached hydrogens (tertiary/aromatic N) is 2. The summed E-state index contributed by atoms with van der Waals surface area (Å²) < 4.78 is 9.89. The summed E-state index contributed by atoms with van der Waals surface area (Å²) in [6, 6.07) is 0. The minimum Gasteiger partial charge on any atom is -0.379 e. The van der Waals surface area contributed by atoms with Crippen molar-refractivity contribution in [3.63, 3.8) is 0 Å². The van der Waals surface area contributed by atoms with Gasteiger partial charge in [-0.3, -0.25) is 0 Å². The Hall–Kier alpha value is -0.680. The molecule has 18 heavy (non-hydrogen) atoms. The van der Waals surface area contributed by atoms with Crippen molar-refractivity contribution in [2.75, 3.05) is 19.0 Å². The highest BCUT2D eigenvalue weighted by atomic mass is 32.1. The zero-order chi connectivity index (χ0) is 14.0. The standard InChI is InChI=1S/C13H25N3OS/c1-12(2,3)9(17-7)8-14-11-15-10(16-18-11)13(4,5)6/h9H,8H2,1-7H3,(H,14,15,16). The van der Waals surface area contributed by atoms with Crippen LogP contribution in [0.2, 0.25) is 0 Å². The molecule has 0 fully saturated rings. The molecule has 1 aromatic rings. The molecular formula is C13H25N3OS. The van der Waals surface area contributed by atoms with E-state index in [-0.39, 0.29) is 16.9 Å². The molecule has 1 aromatic heterocycles. The maximum Gasteiger partial charge on any atom is 0.202 e. The second kappa shape index (κ2) is 5.53. The van der Waals surface area contributed by atoms with Crippen LogP contribution >= 0.6 is 11.5 Å². The van der Waals surface area contributed by atoms with Crippen molar-refractivity contribution in [2.45, 2.75) is 53.1 Å². The van der Waals surface area contributed by atoms with Gasteiger partial charge in [0.2, 0.25) is 5.13 Å². The van der Waals surface area contributed by atoms with Gasteiger partial charge in [-0.25, -0.2) is 4.98 Å². The van der Waals surface area contributed by atoms with Gasteiger partial charge in [0.25, 0.3) is 0 Å². The van der Waals surface area contributed by atoms with E-state index in [2.05, 4.69) is 56.2 Å². The molecule has 0 amide bonds.